The molecule has 0 unspecified atom stereocenters. The van der Waals surface area contributed by atoms with E-state index in [9.17, 15) is 9.90 Å². The molecule has 0 aromatic carbocycles. The molecule has 3 nitrogen and oxygen atoms in total. The van der Waals surface area contributed by atoms with Gasteiger partial charge in [0.25, 0.3) is 0 Å². The third kappa shape index (κ3) is 7.97. The van der Waals surface area contributed by atoms with E-state index < -0.39 is 0 Å². The van der Waals surface area contributed by atoms with Gasteiger partial charge < -0.3 is 9.84 Å². The van der Waals surface area contributed by atoms with Crippen LogP contribution in [-0.4, -0.2) is 23.8 Å². The molecule has 0 aliphatic carbocycles. The highest BCUT2D eigenvalue weighted by Gasteiger charge is 2.03. The van der Waals surface area contributed by atoms with E-state index in [1.54, 1.807) is 0 Å². The van der Waals surface area contributed by atoms with Gasteiger partial charge in [-0.05, 0) is 19.3 Å². The van der Waals surface area contributed by atoms with Gasteiger partial charge in [0.2, 0.25) is 0 Å². The molecule has 1 atom stereocenters. The standard InChI is InChI=1S/C14H24O3/c15-13-9-5-3-1-2-4-6-11-14(16)17-12-8-7-10-13/h7,10,13,15H,1-6,8-9,11-12H2/b10-7+/t13-/m0/s1. The van der Waals surface area contributed by atoms with Gasteiger partial charge in [0.05, 0.1) is 12.7 Å². The first-order valence-electron chi connectivity index (χ1n) is 6.79. The van der Waals surface area contributed by atoms with E-state index in [1.807, 2.05) is 12.2 Å². The van der Waals surface area contributed by atoms with Crippen LogP contribution in [0.15, 0.2) is 12.2 Å². The zero-order valence-corrected chi connectivity index (χ0v) is 10.6. The highest BCUT2D eigenvalue weighted by Crippen LogP contribution is 2.11. The Morgan fingerprint density at radius 3 is 2.65 bits per heavy atom. The molecule has 0 saturated carbocycles. The SMILES string of the molecule is O=C1CCCCCCCC[C@H](O)/C=C/CCO1. The maximum absolute atomic E-state index is 11.3. The molecule has 0 aromatic rings. The quantitative estimate of drug-likeness (QED) is 0.523. The normalized spacial score (nSPS) is 27.6. The number of aliphatic hydroxyl groups is 1. The van der Waals surface area contributed by atoms with Crippen LogP contribution in [0.1, 0.15) is 57.8 Å². The molecule has 0 bridgehead atoms. The first-order valence-corrected chi connectivity index (χ1v) is 6.79. The lowest BCUT2D eigenvalue weighted by atomic mass is 10.1. The van der Waals surface area contributed by atoms with E-state index in [0.717, 1.165) is 25.7 Å². The molecule has 0 amide bonds. The number of aliphatic hydroxyl groups excluding tert-OH is 1. The molecule has 1 aliphatic heterocycles. The fourth-order valence-corrected chi connectivity index (χ4v) is 1.99. The van der Waals surface area contributed by atoms with Crippen LogP contribution in [-0.2, 0) is 9.53 Å². The number of hydrogen-bond donors (Lipinski definition) is 1. The fraction of sp³-hybridized carbons (Fsp3) is 0.786. The number of carbonyl (C=O) groups excluding carboxylic acids is 1. The minimum absolute atomic E-state index is 0.0891. The Kier molecular flexibility index (Phi) is 7.72. The van der Waals surface area contributed by atoms with Crippen LogP contribution in [0.2, 0.25) is 0 Å². The van der Waals surface area contributed by atoms with Gasteiger partial charge in [-0.15, -0.1) is 0 Å². The second kappa shape index (κ2) is 9.23. The molecule has 0 fully saturated rings. The average molecular weight is 240 g/mol. The first-order chi connectivity index (χ1) is 8.29. The molecular weight excluding hydrogens is 216 g/mol. The van der Waals surface area contributed by atoms with Gasteiger partial charge in [-0.1, -0.05) is 44.3 Å². The zero-order chi connectivity index (χ0) is 12.3. The second-order valence-electron chi connectivity index (χ2n) is 4.66. The molecule has 1 aliphatic rings. The van der Waals surface area contributed by atoms with Crippen molar-refractivity contribution >= 4 is 5.97 Å². The maximum Gasteiger partial charge on any atom is 0.305 e. The summed E-state index contributed by atoms with van der Waals surface area (Å²) in [5, 5.41) is 9.63. The summed E-state index contributed by atoms with van der Waals surface area (Å²) < 4.78 is 5.08. The lowest BCUT2D eigenvalue weighted by Crippen LogP contribution is -2.05. The number of cyclic esters (lactones) is 1. The third-order valence-corrected chi connectivity index (χ3v) is 3.04. The molecule has 98 valence electrons. The molecular formula is C14H24O3. The van der Waals surface area contributed by atoms with Gasteiger partial charge in [-0.25, -0.2) is 0 Å². The van der Waals surface area contributed by atoms with Crippen LogP contribution in [0.3, 0.4) is 0 Å². The molecule has 0 aromatic heterocycles. The molecule has 0 saturated heterocycles. The summed E-state index contributed by atoms with van der Waals surface area (Å²) in [6, 6.07) is 0. The number of hydrogen-bond acceptors (Lipinski definition) is 3. The van der Waals surface area contributed by atoms with E-state index >= 15 is 0 Å². The first kappa shape index (κ1) is 14.2. The minimum atomic E-state index is -0.337. The van der Waals surface area contributed by atoms with Crippen LogP contribution in [0, 0.1) is 0 Å². The van der Waals surface area contributed by atoms with Gasteiger partial charge >= 0.3 is 5.97 Å². The minimum Gasteiger partial charge on any atom is -0.465 e. The van der Waals surface area contributed by atoms with Gasteiger partial charge in [0.15, 0.2) is 0 Å². The van der Waals surface area contributed by atoms with Gasteiger partial charge in [-0.2, -0.15) is 0 Å². The van der Waals surface area contributed by atoms with Crippen molar-refractivity contribution in [2.75, 3.05) is 6.61 Å². The van der Waals surface area contributed by atoms with Crippen molar-refractivity contribution in [3.05, 3.63) is 12.2 Å². The van der Waals surface area contributed by atoms with Crippen molar-refractivity contribution < 1.29 is 14.6 Å². The topological polar surface area (TPSA) is 46.5 Å². The molecule has 1 rings (SSSR count). The smallest absolute Gasteiger partial charge is 0.305 e. The summed E-state index contributed by atoms with van der Waals surface area (Å²) in [6.45, 7) is 0.433. The third-order valence-electron chi connectivity index (χ3n) is 3.04. The van der Waals surface area contributed by atoms with Crippen LogP contribution in [0.4, 0.5) is 0 Å². The van der Waals surface area contributed by atoms with Gasteiger partial charge in [-0.3, -0.25) is 4.79 Å². The molecule has 1 N–H and O–H groups in total. The van der Waals surface area contributed by atoms with Crippen molar-refractivity contribution in [3.63, 3.8) is 0 Å². The van der Waals surface area contributed by atoms with Crippen molar-refractivity contribution in [1.82, 2.24) is 0 Å². The Morgan fingerprint density at radius 2 is 1.82 bits per heavy atom. The largest absolute Gasteiger partial charge is 0.465 e. The van der Waals surface area contributed by atoms with E-state index in [0.29, 0.717) is 19.4 Å². The molecule has 0 spiro atoms. The van der Waals surface area contributed by atoms with Crippen LogP contribution in [0.25, 0.3) is 0 Å². The summed E-state index contributed by atoms with van der Waals surface area (Å²) in [4.78, 5) is 11.3. The van der Waals surface area contributed by atoms with Gasteiger partial charge in [0.1, 0.15) is 0 Å². The molecule has 1 heterocycles. The van der Waals surface area contributed by atoms with Crippen LogP contribution < -0.4 is 0 Å². The molecule has 0 radical (unpaired) electrons. The Morgan fingerprint density at radius 1 is 1.12 bits per heavy atom. The molecule has 3 heteroatoms. The van der Waals surface area contributed by atoms with E-state index in [2.05, 4.69) is 0 Å². The Bertz CT molecular complexity index is 236. The number of carbonyl (C=O) groups is 1. The second-order valence-corrected chi connectivity index (χ2v) is 4.66. The number of rotatable bonds is 0. The summed E-state index contributed by atoms with van der Waals surface area (Å²) in [5.41, 5.74) is 0. The summed E-state index contributed by atoms with van der Waals surface area (Å²) in [5.74, 6) is -0.0891. The van der Waals surface area contributed by atoms with Crippen LogP contribution >= 0.6 is 0 Å². The Hall–Kier alpha value is -0.830. The van der Waals surface area contributed by atoms with E-state index in [1.165, 1.54) is 19.3 Å². The van der Waals surface area contributed by atoms with E-state index in [4.69, 9.17) is 4.74 Å². The lowest BCUT2D eigenvalue weighted by Gasteiger charge is -2.04. The van der Waals surface area contributed by atoms with Crippen molar-refractivity contribution in [2.24, 2.45) is 0 Å². The van der Waals surface area contributed by atoms with Crippen molar-refractivity contribution in [3.8, 4) is 0 Å². The fourth-order valence-electron chi connectivity index (χ4n) is 1.99. The maximum atomic E-state index is 11.3. The van der Waals surface area contributed by atoms with Crippen molar-refractivity contribution in [2.45, 2.75) is 63.9 Å². The monoisotopic (exact) mass is 240 g/mol. The summed E-state index contributed by atoms with van der Waals surface area (Å²) in [7, 11) is 0. The molecule has 17 heavy (non-hydrogen) atoms. The predicted octanol–water partition coefficient (Wildman–Crippen LogP) is 2.97. The van der Waals surface area contributed by atoms with Crippen LogP contribution in [0.5, 0.6) is 0 Å². The number of esters is 1. The average Bonchev–Trinajstić information content (AvgIpc) is 2.31. The predicted molar refractivity (Wildman–Crippen MR) is 67.7 cm³/mol. The Balaban J connectivity index is 2.29. The summed E-state index contributed by atoms with van der Waals surface area (Å²) >= 11 is 0. The Labute approximate surface area is 104 Å². The highest BCUT2D eigenvalue weighted by atomic mass is 16.5. The van der Waals surface area contributed by atoms with Gasteiger partial charge in [0, 0.05) is 6.42 Å². The summed E-state index contributed by atoms with van der Waals surface area (Å²) in [6.07, 6.45) is 12.2. The lowest BCUT2D eigenvalue weighted by molar-refractivity contribution is -0.143. The van der Waals surface area contributed by atoms with E-state index in [-0.39, 0.29) is 12.1 Å². The highest BCUT2D eigenvalue weighted by molar-refractivity contribution is 5.69. The number of ether oxygens (including phenoxy) is 1. The van der Waals surface area contributed by atoms with Crippen molar-refractivity contribution in [1.29, 1.82) is 0 Å². The zero-order valence-electron chi connectivity index (χ0n) is 10.6.